The number of nitrogens with zero attached hydrogens (tertiary/aromatic N) is 3. The molecule has 9 nitrogen and oxygen atoms in total. The summed E-state index contributed by atoms with van der Waals surface area (Å²) in [5, 5.41) is 16.5. The summed E-state index contributed by atoms with van der Waals surface area (Å²) in [5.74, 6) is -0.601. The van der Waals surface area contributed by atoms with Crippen molar-refractivity contribution < 1.29 is 18.1 Å². The molecule has 30 heavy (non-hydrogen) atoms. The summed E-state index contributed by atoms with van der Waals surface area (Å²) in [6.45, 7) is 0. The minimum Gasteiger partial charge on any atom is -0.546 e. The largest absolute Gasteiger partial charge is 0.546 e. The number of hydrogen-bond acceptors (Lipinski definition) is 8. The number of phenols is 1. The Labute approximate surface area is 190 Å². The maximum absolute atomic E-state index is 12.5. The van der Waals surface area contributed by atoms with Crippen LogP contribution in [0.5, 0.6) is 5.75 Å². The van der Waals surface area contributed by atoms with E-state index in [0.29, 0.717) is 10.7 Å². The Kier molecular flexibility index (Phi) is 6.63. The average Bonchev–Trinajstić information content (AvgIpc) is 3.00. The lowest BCUT2D eigenvalue weighted by molar-refractivity contribution is 0.455. The van der Waals surface area contributed by atoms with Crippen LogP contribution in [0.25, 0.3) is 0 Å². The second-order valence-corrected chi connectivity index (χ2v) is 10.1. The molecule has 0 aliphatic carbocycles. The molecule has 0 amide bonds. The number of aromatic nitrogens is 2. The molecule has 160 valence electrons. The summed E-state index contributed by atoms with van der Waals surface area (Å²) in [6.07, 6.45) is 0. The topological polar surface area (TPSA) is 131 Å². The molecule has 3 aromatic rings. The first-order valence-electron chi connectivity index (χ1n) is 8.04. The number of benzene rings is 2. The summed E-state index contributed by atoms with van der Waals surface area (Å²) in [4.78, 5) is -0.483. The van der Waals surface area contributed by atoms with Gasteiger partial charge in [-0.15, -0.1) is 0 Å². The fourth-order valence-electron chi connectivity index (χ4n) is 2.36. The quantitative estimate of drug-likeness (QED) is 0.324. The van der Waals surface area contributed by atoms with Crippen molar-refractivity contribution in [3.05, 3.63) is 45.4 Å². The van der Waals surface area contributed by atoms with Crippen molar-refractivity contribution >= 4 is 79.0 Å². The van der Waals surface area contributed by atoms with Crippen LogP contribution in [0.2, 0.25) is 15.1 Å². The molecule has 0 saturated carbocycles. The van der Waals surface area contributed by atoms with E-state index in [1.165, 1.54) is 26.2 Å². The molecular weight excluding hydrogens is 497 g/mol. The van der Waals surface area contributed by atoms with Crippen molar-refractivity contribution in [1.29, 1.82) is 0 Å². The molecular formula is C16H14Cl3N5O4S2. The van der Waals surface area contributed by atoms with Gasteiger partial charge in [-0.3, -0.25) is 0 Å². The highest BCUT2D eigenvalue weighted by Crippen LogP contribution is 2.41. The lowest BCUT2D eigenvalue weighted by atomic mass is 10.3. The van der Waals surface area contributed by atoms with Gasteiger partial charge in [0.2, 0.25) is 21.7 Å². The molecule has 3 rings (SSSR count). The standard InChI is InChI=1S/C16H14Cl3N5O4S2/c1-24(2)30(27,28)14-9(18)6-7-11(13(14)25)21-16-15(22-29(26)23-16)20-10-5-3-4-8(17)12(10)19/h3-7,25H,1-2H3,(H,20,22)(H,21,23). The molecule has 0 spiro atoms. The molecule has 0 radical (unpaired) electrons. The molecule has 0 fully saturated rings. The van der Waals surface area contributed by atoms with Crippen molar-refractivity contribution in [3.8, 4) is 5.75 Å². The number of halogens is 3. The lowest BCUT2D eigenvalue weighted by Gasteiger charge is -2.16. The van der Waals surface area contributed by atoms with E-state index in [4.69, 9.17) is 34.8 Å². The molecule has 0 saturated heterocycles. The van der Waals surface area contributed by atoms with E-state index >= 15 is 0 Å². The van der Waals surface area contributed by atoms with Gasteiger partial charge in [-0.05, 0) is 24.3 Å². The Hall–Kier alpha value is -1.86. The summed E-state index contributed by atoms with van der Waals surface area (Å²) in [5.41, 5.74) is 0.344. The molecule has 0 bridgehead atoms. The van der Waals surface area contributed by atoms with Gasteiger partial charge in [0.05, 0.1) is 26.4 Å². The van der Waals surface area contributed by atoms with Crippen LogP contribution in [-0.4, -0.2) is 45.2 Å². The second kappa shape index (κ2) is 8.71. The lowest BCUT2D eigenvalue weighted by Crippen LogP contribution is -2.22. The fraction of sp³-hybridized carbons (Fsp3) is 0.125. The van der Waals surface area contributed by atoms with Gasteiger partial charge in [-0.2, -0.15) is 0 Å². The van der Waals surface area contributed by atoms with E-state index in [2.05, 4.69) is 19.4 Å². The van der Waals surface area contributed by atoms with Crippen LogP contribution in [0, 0.1) is 0 Å². The zero-order valence-corrected chi connectivity index (χ0v) is 19.3. The third-order valence-corrected chi connectivity index (χ3v) is 7.66. The Morgan fingerprint density at radius 1 is 1.00 bits per heavy atom. The van der Waals surface area contributed by atoms with Crippen LogP contribution in [0.4, 0.5) is 23.0 Å². The summed E-state index contributed by atoms with van der Waals surface area (Å²) < 4.78 is 45.5. The van der Waals surface area contributed by atoms with Gasteiger partial charge in [-0.25, -0.2) is 12.7 Å². The normalized spacial score (nSPS) is 12.3. The summed E-state index contributed by atoms with van der Waals surface area (Å²) >= 11 is 16.2. The zero-order chi connectivity index (χ0) is 22.2. The van der Waals surface area contributed by atoms with Gasteiger partial charge >= 0.3 is 0 Å². The second-order valence-electron chi connectivity index (χ2n) is 6.02. The number of hydrogen-bond donors (Lipinski definition) is 3. The highest BCUT2D eigenvalue weighted by Gasteiger charge is 2.28. The molecule has 1 aromatic heterocycles. The Morgan fingerprint density at radius 3 is 2.20 bits per heavy atom. The number of rotatable bonds is 6. The van der Waals surface area contributed by atoms with E-state index in [1.54, 1.807) is 18.2 Å². The van der Waals surface area contributed by atoms with Gasteiger partial charge in [0.15, 0.2) is 16.9 Å². The number of nitrogens with one attached hydrogen (secondary N) is 2. The van der Waals surface area contributed by atoms with Crippen LogP contribution in [0.15, 0.2) is 35.2 Å². The molecule has 1 unspecified atom stereocenters. The fourth-order valence-corrected chi connectivity index (χ4v) is 4.80. The van der Waals surface area contributed by atoms with Crippen LogP contribution in [0.1, 0.15) is 0 Å². The van der Waals surface area contributed by atoms with E-state index < -0.39 is 31.8 Å². The predicted molar refractivity (Wildman–Crippen MR) is 118 cm³/mol. The predicted octanol–water partition coefficient (Wildman–Crippen LogP) is 4.61. The van der Waals surface area contributed by atoms with Crippen molar-refractivity contribution in [2.45, 2.75) is 4.90 Å². The molecule has 0 aliphatic rings. The van der Waals surface area contributed by atoms with Gasteiger partial charge in [-0.1, -0.05) is 40.9 Å². The maximum atomic E-state index is 12.5. The minimum atomic E-state index is -4.04. The molecule has 1 heterocycles. The van der Waals surface area contributed by atoms with Crippen LogP contribution in [-0.2, 0) is 10.0 Å². The minimum absolute atomic E-state index is 0.0183. The van der Waals surface area contributed by atoms with Gasteiger partial charge in [0, 0.05) is 22.8 Å². The molecule has 14 heteroatoms. The number of phenolic OH excluding ortho intramolecular Hbond substituents is 1. The number of aromatic hydroxyl groups is 1. The van der Waals surface area contributed by atoms with Crippen molar-refractivity contribution in [3.63, 3.8) is 0 Å². The maximum Gasteiger partial charge on any atom is 0.247 e. The first-order valence-corrected chi connectivity index (χ1v) is 11.7. The number of sulfonamides is 1. The van der Waals surface area contributed by atoms with E-state index in [0.717, 1.165) is 4.31 Å². The Balaban J connectivity index is 2.02. The highest BCUT2D eigenvalue weighted by atomic mass is 35.5. The van der Waals surface area contributed by atoms with E-state index in [-0.39, 0.29) is 27.4 Å². The smallest absolute Gasteiger partial charge is 0.247 e. The first-order chi connectivity index (χ1) is 14.0. The zero-order valence-electron chi connectivity index (χ0n) is 15.4. The van der Waals surface area contributed by atoms with Crippen molar-refractivity contribution in [1.82, 2.24) is 13.1 Å². The van der Waals surface area contributed by atoms with Gasteiger partial charge < -0.3 is 20.3 Å². The molecule has 2 aromatic carbocycles. The Bertz CT molecular complexity index is 1220. The van der Waals surface area contributed by atoms with E-state index in [1.807, 2.05) is 0 Å². The van der Waals surface area contributed by atoms with Gasteiger partial charge in [0.1, 0.15) is 4.90 Å². The van der Waals surface area contributed by atoms with Crippen molar-refractivity contribution in [2.75, 3.05) is 24.7 Å². The average molecular weight is 511 g/mol. The SMILES string of the molecule is CN(C)S(=O)(=O)c1c(Cl)ccc(Nc2n[s+]([O-])nc2Nc2cccc(Cl)c2Cl)c1O. The third-order valence-electron chi connectivity index (χ3n) is 3.84. The summed E-state index contributed by atoms with van der Waals surface area (Å²) in [7, 11) is -1.44. The Morgan fingerprint density at radius 2 is 1.60 bits per heavy atom. The highest BCUT2D eigenvalue weighted by molar-refractivity contribution is 7.89. The molecule has 1 atom stereocenters. The first kappa shape index (κ1) is 22.8. The van der Waals surface area contributed by atoms with Crippen LogP contribution in [0.3, 0.4) is 0 Å². The van der Waals surface area contributed by atoms with Crippen LogP contribution < -0.4 is 10.6 Å². The summed E-state index contributed by atoms with van der Waals surface area (Å²) in [6, 6.07) is 7.51. The van der Waals surface area contributed by atoms with Crippen LogP contribution >= 0.6 is 45.9 Å². The molecule has 3 N–H and O–H groups in total. The van der Waals surface area contributed by atoms with Crippen molar-refractivity contribution in [2.24, 2.45) is 0 Å². The number of anilines is 4. The third kappa shape index (κ3) is 4.42. The molecule has 0 aliphatic heterocycles. The van der Waals surface area contributed by atoms with E-state index in [9.17, 15) is 18.1 Å². The van der Waals surface area contributed by atoms with Gasteiger partial charge in [0.25, 0.3) is 0 Å². The monoisotopic (exact) mass is 509 g/mol.